The van der Waals surface area contributed by atoms with Crippen LogP contribution in [0.1, 0.15) is 15.9 Å². The fourth-order valence-electron chi connectivity index (χ4n) is 2.62. The number of carboxylic acids is 1. The highest BCUT2D eigenvalue weighted by Gasteiger charge is 2.29. The molecule has 132 valence electrons. The number of nitrogens with zero attached hydrogens (tertiary/aromatic N) is 1. The van der Waals surface area contributed by atoms with Gasteiger partial charge in [0.05, 0.1) is 21.8 Å². The molecule has 26 heavy (non-hydrogen) atoms. The minimum Gasteiger partial charge on any atom is -0.478 e. The van der Waals surface area contributed by atoms with Crippen molar-refractivity contribution in [1.82, 2.24) is 0 Å². The number of rotatable bonds is 5. The van der Waals surface area contributed by atoms with E-state index in [1.54, 1.807) is 54.6 Å². The summed E-state index contributed by atoms with van der Waals surface area (Å²) in [6.45, 7) is 1.87. The van der Waals surface area contributed by atoms with Gasteiger partial charge in [0, 0.05) is 0 Å². The van der Waals surface area contributed by atoms with Gasteiger partial charge in [-0.25, -0.2) is 17.5 Å². The van der Waals surface area contributed by atoms with Crippen molar-refractivity contribution in [3.05, 3.63) is 90.0 Å². The van der Waals surface area contributed by atoms with E-state index in [9.17, 15) is 18.3 Å². The number of carbonyl (C=O) groups is 1. The Kier molecular flexibility index (Phi) is 4.77. The quantitative estimate of drug-likeness (QED) is 0.733. The summed E-state index contributed by atoms with van der Waals surface area (Å²) in [6.07, 6.45) is 0. The van der Waals surface area contributed by atoms with Crippen molar-refractivity contribution in [2.75, 3.05) is 4.31 Å². The lowest BCUT2D eigenvalue weighted by molar-refractivity contribution is 0.0698. The number of sulfonamides is 1. The van der Waals surface area contributed by atoms with Gasteiger partial charge < -0.3 is 5.11 Å². The predicted octanol–water partition coefficient (Wildman–Crippen LogP) is 4.22. The van der Waals surface area contributed by atoms with Crippen LogP contribution in [0, 0.1) is 6.92 Å². The van der Waals surface area contributed by atoms with Gasteiger partial charge in [-0.15, -0.1) is 0 Å². The molecule has 0 aliphatic heterocycles. The highest BCUT2D eigenvalue weighted by atomic mass is 32.2. The summed E-state index contributed by atoms with van der Waals surface area (Å²) >= 11 is 0. The van der Waals surface area contributed by atoms with Gasteiger partial charge in [-0.1, -0.05) is 48.0 Å². The van der Waals surface area contributed by atoms with Crippen LogP contribution in [0.2, 0.25) is 0 Å². The van der Waals surface area contributed by atoms with Crippen molar-refractivity contribution in [3.63, 3.8) is 0 Å². The third-order valence-electron chi connectivity index (χ3n) is 3.90. The molecular weight excluding hydrogens is 350 g/mol. The van der Waals surface area contributed by atoms with Crippen LogP contribution in [0.15, 0.2) is 83.8 Å². The molecule has 3 rings (SSSR count). The van der Waals surface area contributed by atoms with Gasteiger partial charge in [0.15, 0.2) is 0 Å². The number of aryl methyl sites for hydroxylation is 1. The molecule has 0 fully saturated rings. The Morgan fingerprint density at radius 2 is 1.42 bits per heavy atom. The molecule has 3 aromatic carbocycles. The van der Waals surface area contributed by atoms with Gasteiger partial charge in [0.2, 0.25) is 0 Å². The zero-order chi connectivity index (χ0) is 18.7. The topological polar surface area (TPSA) is 74.7 Å². The lowest BCUT2D eigenvalue weighted by Gasteiger charge is -2.26. The van der Waals surface area contributed by atoms with Crippen molar-refractivity contribution < 1.29 is 18.3 Å². The van der Waals surface area contributed by atoms with Crippen LogP contribution < -0.4 is 4.31 Å². The second-order valence-corrected chi connectivity index (χ2v) is 7.53. The number of benzene rings is 3. The molecule has 0 saturated carbocycles. The first-order valence-electron chi connectivity index (χ1n) is 7.90. The van der Waals surface area contributed by atoms with E-state index in [4.69, 9.17) is 0 Å². The van der Waals surface area contributed by atoms with E-state index in [0.717, 1.165) is 9.87 Å². The summed E-state index contributed by atoms with van der Waals surface area (Å²) in [6, 6.07) is 20.9. The monoisotopic (exact) mass is 367 g/mol. The van der Waals surface area contributed by atoms with Gasteiger partial charge in [-0.2, -0.15) is 0 Å². The lowest BCUT2D eigenvalue weighted by Crippen LogP contribution is -2.27. The number of para-hydroxylation sites is 2. The number of carboxylic acid groups (broad SMARTS) is 1. The van der Waals surface area contributed by atoms with Crippen molar-refractivity contribution in [2.24, 2.45) is 0 Å². The standard InChI is InChI=1S/C20H17NO4S/c1-15-11-13-17(14-12-15)26(24,25)21(16-7-3-2-4-8-16)19-10-6-5-9-18(19)20(22)23/h2-14H,1H3,(H,22,23). The summed E-state index contributed by atoms with van der Waals surface area (Å²) in [7, 11) is -4.01. The van der Waals surface area contributed by atoms with Crippen LogP contribution in [0.3, 0.4) is 0 Å². The molecule has 0 saturated heterocycles. The molecule has 0 bridgehead atoms. The van der Waals surface area contributed by atoms with Crippen LogP contribution in [-0.4, -0.2) is 19.5 Å². The number of anilines is 2. The Bertz CT molecular complexity index is 1030. The normalized spacial score (nSPS) is 11.1. The summed E-state index contributed by atoms with van der Waals surface area (Å²) < 4.78 is 27.8. The number of hydrogen-bond donors (Lipinski definition) is 1. The van der Waals surface area contributed by atoms with Gasteiger partial charge in [-0.3, -0.25) is 0 Å². The second kappa shape index (κ2) is 7.01. The molecule has 0 aliphatic carbocycles. The summed E-state index contributed by atoms with van der Waals surface area (Å²) in [5.41, 5.74) is 1.29. The third-order valence-corrected chi connectivity index (χ3v) is 5.66. The van der Waals surface area contributed by atoms with Crippen LogP contribution >= 0.6 is 0 Å². The van der Waals surface area contributed by atoms with E-state index < -0.39 is 16.0 Å². The SMILES string of the molecule is Cc1ccc(S(=O)(=O)N(c2ccccc2)c2ccccc2C(=O)O)cc1. The zero-order valence-electron chi connectivity index (χ0n) is 14.0. The largest absolute Gasteiger partial charge is 0.478 e. The zero-order valence-corrected chi connectivity index (χ0v) is 14.8. The average molecular weight is 367 g/mol. The van der Waals surface area contributed by atoms with Crippen molar-refractivity contribution in [2.45, 2.75) is 11.8 Å². The molecule has 3 aromatic rings. The Morgan fingerprint density at radius 1 is 0.846 bits per heavy atom. The molecule has 6 heteroatoms. The highest BCUT2D eigenvalue weighted by Crippen LogP contribution is 2.34. The van der Waals surface area contributed by atoms with E-state index in [1.807, 2.05) is 6.92 Å². The molecule has 5 nitrogen and oxygen atoms in total. The maximum atomic E-state index is 13.4. The minimum atomic E-state index is -4.01. The average Bonchev–Trinajstić information content (AvgIpc) is 2.63. The summed E-state index contributed by atoms with van der Waals surface area (Å²) in [5.74, 6) is -1.19. The van der Waals surface area contributed by atoms with E-state index in [1.165, 1.54) is 24.3 Å². The minimum absolute atomic E-state index is 0.0896. The molecule has 0 heterocycles. The Labute approximate surface area is 152 Å². The number of hydrogen-bond acceptors (Lipinski definition) is 3. The molecule has 0 unspecified atom stereocenters. The first kappa shape index (κ1) is 17.7. The fourth-order valence-corrected chi connectivity index (χ4v) is 4.13. The Morgan fingerprint density at radius 3 is 2.04 bits per heavy atom. The van der Waals surface area contributed by atoms with E-state index in [2.05, 4.69) is 0 Å². The Hall–Kier alpha value is -3.12. The van der Waals surface area contributed by atoms with E-state index in [-0.39, 0.29) is 16.1 Å². The van der Waals surface area contributed by atoms with Crippen molar-refractivity contribution in [1.29, 1.82) is 0 Å². The van der Waals surface area contributed by atoms with Crippen LogP contribution in [-0.2, 0) is 10.0 Å². The van der Waals surface area contributed by atoms with Gasteiger partial charge in [0.1, 0.15) is 0 Å². The molecule has 0 spiro atoms. The Balaban J connectivity index is 2.27. The van der Waals surface area contributed by atoms with Gasteiger partial charge >= 0.3 is 5.97 Å². The fraction of sp³-hybridized carbons (Fsp3) is 0.0500. The molecule has 0 atom stereocenters. The van der Waals surface area contributed by atoms with Crippen LogP contribution in [0.5, 0.6) is 0 Å². The molecule has 0 amide bonds. The van der Waals surface area contributed by atoms with Crippen LogP contribution in [0.4, 0.5) is 11.4 Å². The first-order chi connectivity index (χ1) is 12.4. The predicted molar refractivity (Wildman–Crippen MR) is 100 cm³/mol. The van der Waals surface area contributed by atoms with Crippen molar-refractivity contribution in [3.8, 4) is 0 Å². The van der Waals surface area contributed by atoms with Crippen LogP contribution in [0.25, 0.3) is 0 Å². The molecule has 0 radical (unpaired) electrons. The summed E-state index contributed by atoms with van der Waals surface area (Å²) in [4.78, 5) is 11.7. The lowest BCUT2D eigenvalue weighted by atomic mass is 10.1. The molecular formula is C20H17NO4S. The maximum Gasteiger partial charge on any atom is 0.337 e. The second-order valence-electron chi connectivity index (χ2n) is 5.74. The van der Waals surface area contributed by atoms with E-state index >= 15 is 0 Å². The molecule has 0 aromatic heterocycles. The highest BCUT2D eigenvalue weighted by molar-refractivity contribution is 7.93. The third kappa shape index (κ3) is 3.32. The van der Waals surface area contributed by atoms with Gasteiger partial charge in [0.25, 0.3) is 10.0 Å². The summed E-state index contributed by atoms with van der Waals surface area (Å²) in [5, 5.41) is 9.51. The molecule has 1 N–H and O–H groups in total. The van der Waals surface area contributed by atoms with Crippen molar-refractivity contribution >= 4 is 27.4 Å². The molecule has 0 aliphatic rings. The maximum absolute atomic E-state index is 13.4. The van der Waals surface area contributed by atoms with Gasteiger partial charge in [-0.05, 0) is 43.3 Å². The smallest absolute Gasteiger partial charge is 0.337 e. The van der Waals surface area contributed by atoms with E-state index in [0.29, 0.717) is 5.69 Å². The first-order valence-corrected chi connectivity index (χ1v) is 9.34. The number of aromatic carboxylic acids is 1.